The molecule has 42 heavy (non-hydrogen) atoms. The van der Waals surface area contributed by atoms with Crippen LogP contribution in [0, 0.1) is 6.57 Å². The second-order valence-corrected chi connectivity index (χ2v) is 10.4. The van der Waals surface area contributed by atoms with Gasteiger partial charge in [-0.3, -0.25) is 4.79 Å². The lowest BCUT2D eigenvalue weighted by atomic mass is 10.1. The lowest BCUT2D eigenvalue weighted by molar-refractivity contribution is -0.117. The molecule has 0 spiro atoms. The van der Waals surface area contributed by atoms with Gasteiger partial charge in [0.15, 0.2) is 5.65 Å². The van der Waals surface area contributed by atoms with E-state index in [4.69, 9.17) is 22.1 Å². The van der Waals surface area contributed by atoms with E-state index in [2.05, 4.69) is 30.1 Å². The number of rotatable bonds is 11. The normalized spacial score (nSPS) is 11.3. The number of hydrogen-bond acceptors (Lipinski definition) is 9. The molecular formula is C30H28N8O3S. The molecule has 2 aromatic carbocycles. The number of likely N-dealkylation sites (N-methyl/N-ethyl adjacent to an activating group) is 1. The first kappa shape index (κ1) is 28.3. The number of anilines is 2. The standard InChI is InChI=1S/C30H28N8O3S/c1-32-24(15-23-11-12-25(42-23)21-7-9-22(10-8-21)38(2)13-14-39)28(40)33-16-19-3-5-20(6-4-19)17-41-29-26-27(35-18-34-26)36-30(31)37-29/h3-12,15,18,39H,13-14,16-17H2,2H3,(H,33,40)(H3,31,34,35,36,37)/b24-15-. The number of aromatic nitrogens is 4. The Hall–Kier alpha value is -5.25. The Morgan fingerprint density at radius 1 is 1.14 bits per heavy atom. The van der Waals surface area contributed by atoms with Crippen LogP contribution in [0.1, 0.15) is 16.0 Å². The summed E-state index contributed by atoms with van der Waals surface area (Å²) in [6, 6.07) is 19.5. The largest absolute Gasteiger partial charge is 0.471 e. The van der Waals surface area contributed by atoms with Crippen molar-refractivity contribution in [3.63, 3.8) is 0 Å². The molecule has 0 aliphatic heterocycles. The number of carbonyl (C=O) groups is 1. The molecule has 5 rings (SSSR count). The van der Waals surface area contributed by atoms with Gasteiger partial charge in [-0.2, -0.15) is 9.97 Å². The second-order valence-electron chi connectivity index (χ2n) is 9.31. The van der Waals surface area contributed by atoms with Crippen molar-refractivity contribution in [2.75, 3.05) is 30.8 Å². The molecular weight excluding hydrogens is 552 g/mol. The van der Waals surface area contributed by atoms with Crippen LogP contribution in [-0.2, 0) is 17.9 Å². The van der Waals surface area contributed by atoms with Crippen LogP contribution in [0.15, 0.2) is 72.7 Å². The van der Waals surface area contributed by atoms with Crippen molar-refractivity contribution >= 4 is 46.1 Å². The van der Waals surface area contributed by atoms with E-state index in [9.17, 15) is 4.79 Å². The minimum atomic E-state index is -0.437. The van der Waals surface area contributed by atoms with Crippen molar-refractivity contribution in [1.82, 2.24) is 25.3 Å². The molecule has 3 heterocycles. The van der Waals surface area contributed by atoms with Crippen molar-refractivity contribution in [3.05, 3.63) is 100 Å². The first-order valence-electron chi connectivity index (χ1n) is 13.0. The van der Waals surface area contributed by atoms with E-state index in [0.29, 0.717) is 23.6 Å². The second kappa shape index (κ2) is 12.9. The molecule has 1 amide bonds. The van der Waals surface area contributed by atoms with Gasteiger partial charge in [0, 0.05) is 35.6 Å². The topological polar surface area (TPSA) is 147 Å². The third-order valence-electron chi connectivity index (χ3n) is 6.41. The van der Waals surface area contributed by atoms with E-state index in [1.807, 2.05) is 72.6 Å². The van der Waals surface area contributed by atoms with Crippen LogP contribution in [0.2, 0.25) is 0 Å². The maximum absolute atomic E-state index is 12.8. The highest BCUT2D eigenvalue weighted by Crippen LogP contribution is 2.31. The molecule has 0 atom stereocenters. The van der Waals surface area contributed by atoms with Crippen LogP contribution in [0.25, 0.3) is 32.5 Å². The highest BCUT2D eigenvalue weighted by molar-refractivity contribution is 7.16. The zero-order valence-corrected chi connectivity index (χ0v) is 23.6. The molecule has 0 saturated carbocycles. The number of carbonyl (C=O) groups excluding carboxylic acids is 1. The number of hydrogen-bond donors (Lipinski definition) is 4. The number of amides is 1. The summed E-state index contributed by atoms with van der Waals surface area (Å²) < 4.78 is 5.82. The van der Waals surface area contributed by atoms with Gasteiger partial charge < -0.3 is 30.8 Å². The zero-order chi connectivity index (χ0) is 29.5. The molecule has 5 N–H and O–H groups in total. The average Bonchev–Trinajstić information content (AvgIpc) is 3.68. The highest BCUT2D eigenvalue weighted by atomic mass is 32.1. The summed E-state index contributed by atoms with van der Waals surface area (Å²) in [5.41, 5.74) is 10.6. The van der Waals surface area contributed by atoms with E-state index in [-0.39, 0.29) is 31.4 Å². The van der Waals surface area contributed by atoms with Gasteiger partial charge in [-0.15, -0.1) is 11.3 Å². The fourth-order valence-electron chi connectivity index (χ4n) is 4.13. The lowest BCUT2D eigenvalue weighted by Crippen LogP contribution is -2.23. The summed E-state index contributed by atoms with van der Waals surface area (Å²) in [4.78, 5) is 35.2. The van der Waals surface area contributed by atoms with Crippen LogP contribution >= 0.6 is 11.3 Å². The Kier molecular flexibility index (Phi) is 8.72. The number of aromatic amines is 1. The Labute approximate surface area is 246 Å². The molecule has 0 radical (unpaired) electrons. The number of ether oxygens (including phenoxy) is 1. The van der Waals surface area contributed by atoms with E-state index < -0.39 is 5.91 Å². The number of aliphatic hydroxyl groups excluding tert-OH is 1. The first-order valence-corrected chi connectivity index (χ1v) is 13.8. The molecule has 0 bridgehead atoms. The SMILES string of the molecule is [C-]#[N+]/C(=C\c1ccc(-c2ccc(N(C)CCO)cc2)s1)C(=O)NCc1ccc(COc2nc(N)nc3nc[nH]c23)cc1. The lowest BCUT2D eigenvalue weighted by Gasteiger charge is -2.17. The van der Waals surface area contributed by atoms with Gasteiger partial charge >= 0.3 is 0 Å². The minimum absolute atomic E-state index is 0.0173. The zero-order valence-electron chi connectivity index (χ0n) is 22.7. The summed E-state index contributed by atoms with van der Waals surface area (Å²) in [6.45, 7) is 8.72. The smallest absolute Gasteiger partial charge is 0.251 e. The van der Waals surface area contributed by atoms with E-state index in [0.717, 1.165) is 32.1 Å². The number of imidazole rings is 1. The number of nitrogens with zero attached hydrogens (tertiary/aromatic N) is 5. The maximum Gasteiger partial charge on any atom is 0.251 e. The third-order valence-corrected chi connectivity index (χ3v) is 7.49. The van der Waals surface area contributed by atoms with Gasteiger partial charge in [0.25, 0.3) is 11.6 Å². The number of nitrogen functional groups attached to an aromatic ring is 1. The van der Waals surface area contributed by atoms with Gasteiger partial charge in [-0.1, -0.05) is 36.4 Å². The summed E-state index contributed by atoms with van der Waals surface area (Å²) in [6.07, 6.45) is 3.11. The van der Waals surface area contributed by atoms with Gasteiger partial charge in [-0.05, 0) is 47.0 Å². The first-order chi connectivity index (χ1) is 20.4. The number of H-pyrrole nitrogens is 1. The molecule has 5 aromatic rings. The number of fused-ring (bicyclic) bond motifs is 1. The predicted octanol–water partition coefficient (Wildman–Crippen LogP) is 4.25. The molecule has 11 nitrogen and oxygen atoms in total. The van der Waals surface area contributed by atoms with Crippen molar-refractivity contribution in [2.45, 2.75) is 13.2 Å². The van der Waals surface area contributed by atoms with Crippen molar-refractivity contribution in [2.24, 2.45) is 0 Å². The molecule has 0 aliphatic carbocycles. The van der Waals surface area contributed by atoms with Gasteiger partial charge in [0.1, 0.15) is 12.1 Å². The number of benzene rings is 2. The van der Waals surface area contributed by atoms with E-state index in [1.54, 1.807) is 6.08 Å². The molecule has 212 valence electrons. The third kappa shape index (κ3) is 6.72. The molecule has 12 heteroatoms. The fraction of sp³-hybridized carbons (Fsp3) is 0.167. The fourth-order valence-corrected chi connectivity index (χ4v) is 5.08. The van der Waals surface area contributed by atoms with Crippen molar-refractivity contribution < 1.29 is 14.6 Å². The molecule has 0 aliphatic rings. The van der Waals surface area contributed by atoms with Crippen LogP contribution in [0.4, 0.5) is 11.6 Å². The van der Waals surface area contributed by atoms with Crippen LogP contribution in [-0.4, -0.2) is 51.1 Å². The van der Waals surface area contributed by atoms with Gasteiger partial charge in [0.2, 0.25) is 11.8 Å². The van der Waals surface area contributed by atoms with Crippen molar-refractivity contribution in [1.29, 1.82) is 0 Å². The van der Waals surface area contributed by atoms with Crippen LogP contribution in [0.3, 0.4) is 0 Å². The predicted molar refractivity (Wildman–Crippen MR) is 163 cm³/mol. The van der Waals surface area contributed by atoms with E-state index in [1.165, 1.54) is 17.7 Å². The highest BCUT2D eigenvalue weighted by Gasteiger charge is 2.12. The van der Waals surface area contributed by atoms with Crippen molar-refractivity contribution in [3.8, 4) is 16.3 Å². The Morgan fingerprint density at radius 3 is 2.64 bits per heavy atom. The Morgan fingerprint density at radius 2 is 1.90 bits per heavy atom. The number of nitrogens with one attached hydrogen (secondary N) is 2. The van der Waals surface area contributed by atoms with Gasteiger partial charge in [-0.25, -0.2) is 9.83 Å². The minimum Gasteiger partial charge on any atom is -0.471 e. The number of aliphatic hydroxyl groups is 1. The van der Waals surface area contributed by atoms with E-state index >= 15 is 0 Å². The summed E-state index contributed by atoms with van der Waals surface area (Å²) in [5.74, 6) is -0.0343. The summed E-state index contributed by atoms with van der Waals surface area (Å²) >= 11 is 1.51. The molecule has 3 aromatic heterocycles. The average molecular weight is 581 g/mol. The monoisotopic (exact) mass is 580 g/mol. The number of nitrogens with two attached hydrogens (primary N) is 1. The molecule has 0 unspecified atom stereocenters. The molecule has 0 saturated heterocycles. The summed E-state index contributed by atoms with van der Waals surface area (Å²) in [7, 11) is 1.93. The Bertz CT molecular complexity index is 1750. The van der Waals surface area contributed by atoms with Crippen LogP contribution < -0.4 is 20.7 Å². The van der Waals surface area contributed by atoms with Gasteiger partial charge in [0.05, 0.1) is 19.5 Å². The van der Waals surface area contributed by atoms with Crippen LogP contribution in [0.5, 0.6) is 5.88 Å². The molecule has 0 fully saturated rings. The quantitative estimate of drug-likeness (QED) is 0.134. The maximum atomic E-state index is 12.8. The Balaban J connectivity index is 1.16. The number of thiophene rings is 1. The summed E-state index contributed by atoms with van der Waals surface area (Å²) in [5, 5.41) is 12.0.